The molecule has 0 aromatic heterocycles. The number of nitrogens with zero attached hydrogens (tertiary/aromatic N) is 1. The van der Waals surface area contributed by atoms with E-state index in [-0.39, 0.29) is 101 Å². The summed E-state index contributed by atoms with van der Waals surface area (Å²) in [5.74, 6) is -2.25. The molecule has 0 N–H and O–H groups in total. The van der Waals surface area contributed by atoms with Crippen molar-refractivity contribution < 1.29 is 67.1 Å². The maximum Gasteiger partial charge on any atom is 0.341 e. The molecule has 1 aromatic carbocycles. The molecule has 0 heterocycles. The molecule has 0 atom stereocenters. The third-order valence-electron chi connectivity index (χ3n) is 7.23. The van der Waals surface area contributed by atoms with Crippen molar-refractivity contribution in [1.82, 2.24) is 0 Å². The van der Waals surface area contributed by atoms with E-state index >= 15 is 0 Å². The molecule has 1 aromatic rings. The van der Waals surface area contributed by atoms with E-state index < -0.39 is 17.0 Å². The monoisotopic (exact) mass is 739 g/mol. The van der Waals surface area contributed by atoms with E-state index in [4.69, 9.17) is 28.4 Å². The summed E-state index contributed by atoms with van der Waals surface area (Å²) in [6.45, 7) is 2.33. The Bertz CT molecular complexity index is 1240. The molecule has 0 bridgehead atoms. The van der Waals surface area contributed by atoms with Crippen LogP contribution in [0.5, 0.6) is 5.75 Å². The van der Waals surface area contributed by atoms with Crippen LogP contribution in [0.1, 0.15) is 126 Å². The number of benzene rings is 1. The molecule has 292 valence electrons. The zero-order valence-electron chi connectivity index (χ0n) is 30.1. The Morgan fingerprint density at radius 1 is 0.519 bits per heavy atom. The second-order valence-corrected chi connectivity index (χ2v) is 11.8. The first kappa shape index (κ1) is 45.3. The van der Waals surface area contributed by atoms with Gasteiger partial charge >= 0.3 is 35.8 Å². The SMILES string of the molecule is CC(=O)Oc1ccccc1C(=O)OCCCCCC(=O)OCCCCCC(=O)OCCCCCC(=O)OCCCCC(=O)OCCCCO[N+](=O)[O-]. The van der Waals surface area contributed by atoms with Crippen LogP contribution < -0.4 is 4.74 Å². The van der Waals surface area contributed by atoms with Crippen molar-refractivity contribution in [2.75, 3.05) is 39.6 Å². The van der Waals surface area contributed by atoms with Gasteiger partial charge in [-0.1, -0.05) is 12.1 Å². The highest BCUT2D eigenvalue weighted by atomic mass is 16.9. The summed E-state index contributed by atoms with van der Waals surface area (Å²) in [6, 6.07) is 6.34. The summed E-state index contributed by atoms with van der Waals surface area (Å²) in [7, 11) is 0. The molecule has 16 nitrogen and oxygen atoms in total. The smallest absolute Gasteiger partial charge is 0.341 e. The predicted molar refractivity (Wildman–Crippen MR) is 183 cm³/mol. The van der Waals surface area contributed by atoms with E-state index in [1.165, 1.54) is 19.1 Å². The Balaban J connectivity index is 1.89. The van der Waals surface area contributed by atoms with Gasteiger partial charge in [-0.2, -0.15) is 0 Å². The maximum atomic E-state index is 12.3. The van der Waals surface area contributed by atoms with E-state index in [1.807, 2.05) is 0 Å². The normalized spacial score (nSPS) is 10.5. The Hall–Kier alpha value is -4.76. The summed E-state index contributed by atoms with van der Waals surface area (Å²) >= 11 is 0. The summed E-state index contributed by atoms with van der Waals surface area (Å²) < 4.78 is 30.9. The molecular formula is C36H53NO15. The lowest BCUT2D eigenvalue weighted by atomic mass is 10.2. The van der Waals surface area contributed by atoms with Crippen LogP contribution in [0, 0.1) is 10.1 Å². The molecule has 0 aliphatic carbocycles. The zero-order chi connectivity index (χ0) is 38.2. The molecule has 0 spiro atoms. The van der Waals surface area contributed by atoms with Gasteiger partial charge in [0.05, 0.1) is 39.6 Å². The van der Waals surface area contributed by atoms with Gasteiger partial charge in [0.2, 0.25) is 0 Å². The second kappa shape index (κ2) is 29.9. The van der Waals surface area contributed by atoms with Crippen LogP contribution in [0.15, 0.2) is 24.3 Å². The van der Waals surface area contributed by atoms with Gasteiger partial charge in [-0.3, -0.25) is 24.0 Å². The van der Waals surface area contributed by atoms with Crippen molar-refractivity contribution in [3.05, 3.63) is 39.9 Å². The van der Waals surface area contributed by atoms with Gasteiger partial charge < -0.3 is 33.3 Å². The third-order valence-corrected chi connectivity index (χ3v) is 7.23. The summed E-state index contributed by atoms with van der Waals surface area (Å²) in [5.41, 5.74) is 0.172. The fourth-order valence-corrected chi connectivity index (χ4v) is 4.51. The van der Waals surface area contributed by atoms with Crippen molar-refractivity contribution in [3.63, 3.8) is 0 Å². The lowest BCUT2D eigenvalue weighted by Gasteiger charge is -2.09. The van der Waals surface area contributed by atoms with E-state index in [0.29, 0.717) is 83.5 Å². The quantitative estimate of drug-likeness (QED) is 0.0221. The van der Waals surface area contributed by atoms with Gasteiger partial charge in [0.1, 0.15) is 11.3 Å². The highest BCUT2D eigenvalue weighted by Gasteiger charge is 2.15. The third kappa shape index (κ3) is 26.1. The molecule has 0 amide bonds. The van der Waals surface area contributed by atoms with Crippen LogP contribution in [0.3, 0.4) is 0 Å². The van der Waals surface area contributed by atoms with Gasteiger partial charge in [0.15, 0.2) is 0 Å². The topological polar surface area (TPSA) is 210 Å². The highest BCUT2D eigenvalue weighted by Crippen LogP contribution is 2.19. The number of ether oxygens (including phenoxy) is 6. The second-order valence-electron chi connectivity index (χ2n) is 11.8. The molecule has 0 unspecified atom stereocenters. The molecule has 1 rings (SSSR count). The van der Waals surface area contributed by atoms with Gasteiger partial charge in [-0.25, -0.2) is 4.79 Å². The van der Waals surface area contributed by atoms with Crippen LogP contribution in [-0.2, 0) is 52.5 Å². The standard InChI is InChI=1S/C36H53NO15/c1-29(38)52-31-18-9-8-17-30(31)36(43)50-27-13-4-7-21-33(40)47-24-11-2-5-19-32(39)46-23-12-3-6-20-34(41)48-25-14-10-22-35(42)49-26-15-16-28-51-37(44)45/h8-9,17-18H,2-7,10-16,19-28H2,1H3. The minimum Gasteiger partial charge on any atom is -0.466 e. The van der Waals surface area contributed by atoms with E-state index in [0.717, 1.165) is 0 Å². The predicted octanol–water partition coefficient (Wildman–Crippen LogP) is 5.78. The minimum absolute atomic E-state index is 0.0360. The van der Waals surface area contributed by atoms with Crippen LogP contribution in [-0.4, -0.2) is 80.5 Å². The largest absolute Gasteiger partial charge is 0.466 e. The van der Waals surface area contributed by atoms with Crippen LogP contribution in [0.2, 0.25) is 0 Å². The molecule has 0 aliphatic rings. The number of hydrogen-bond acceptors (Lipinski definition) is 15. The molecule has 0 fully saturated rings. The Morgan fingerprint density at radius 2 is 0.885 bits per heavy atom. The highest BCUT2D eigenvalue weighted by molar-refractivity contribution is 5.93. The summed E-state index contributed by atoms with van der Waals surface area (Å²) in [4.78, 5) is 85.0. The molecule has 0 aliphatic heterocycles. The van der Waals surface area contributed by atoms with E-state index in [1.54, 1.807) is 12.1 Å². The van der Waals surface area contributed by atoms with Gasteiger partial charge in [-0.05, 0) is 95.6 Å². The van der Waals surface area contributed by atoms with Crippen LogP contribution in [0.25, 0.3) is 0 Å². The Morgan fingerprint density at radius 3 is 1.33 bits per heavy atom. The molecule has 0 saturated heterocycles. The minimum atomic E-state index is -0.865. The fourth-order valence-electron chi connectivity index (χ4n) is 4.51. The lowest BCUT2D eigenvalue weighted by Crippen LogP contribution is -2.11. The summed E-state index contributed by atoms with van der Waals surface area (Å²) in [5, 5.41) is 9.16. The van der Waals surface area contributed by atoms with Crippen LogP contribution in [0.4, 0.5) is 0 Å². The number of para-hydroxylation sites is 1. The number of esters is 6. The molecular weight excluding hydrogens is 686 g/mol. The van der Waals surface area contributed by atoms with Crippen molar-refractivity contribution in [3.8, 4) is 5.75 Å². The van der Waals surface area contributed by atoms with Crippen molar-refractivity contribution >= 4 is 35.8 Å². The first-order chi connectivity index (χ1) is 25.1. The van der Waals surface area contributed by atoms with Gasteiger partial charge in [0, 0.05) is 32.6 Å². The Kier molecular flexibility index (Phi) is 26.0. The van der Waals surface area contributed by atoms with Crippen molar-refractivity contribution in [1.29, 1.82) is 0 Å². The number of carbonyl (C=O) groups is 6. The molecule has 0 saturated carbocycles. The first-order valence-electron chi connectivity index (χ1n) is 17.9. The summed E-state index contributed by atoms with van der Waals surface area (Å²) in [6.07, 6.45) is 8.69. The molecule has 16 heteroatoms. The number of hydrogen-bond donors (Lipinski definition) is 0. The molecule has 52 heavy (non-hydrogen) atoms. The fraction of sp³-hybridized carbons (Fsp3) is 0.667. The average Bonchev–Trinajstić information content (AvgIpc) is 3.10. The van der Waals surface area contributed by atoms with Crippen LogP contribution >= 0.6 is 0 Å². The lowest BCUT2D eigenvalue weighted by molar-refractivity contribution is -0.757. The first-order valence-corrected chi connectivity index (χ1v) is 17.9. The van der Waals surface area contributed by atoms with E-state index in [2.05, 4.69) is 4.84 Å². The number of rotatable bonds is 31. The number of carbonyl (C=O) groups excluding carboxylic acids is 6. The van der Waals surface area contributed by atoms with Gasteiger partial charge in [-0.15, -0.1) is 10.1 Å². The van der Waals surface area contributed by atoms with Gasteiger partial charge in [0.25, 0.3) is 5.09 Å². The zero-order valence-corrected chi connectivity index (χ0v) is 30.1. The van der Waals surface area contributed by atoms with Crippen molar-refractivity contribution in [2.24, 2.45) is 0 Å². The maximum absolute atomic E-state index is 12.3. The molecule has 0 radical (unpaired) electrons. The number of unbranched alkanes of at least 4 members (excludes halogenated alkanes) is 8. The van der Waals surface area contributed by atoms with Crippen molar-refractivity contribution in [2.45, 2.75) is 116 Å². The average molecular weight is 740 g/mol. The Labute approximate surface area is 304 Å². The van der Waals surface area contributed by atoms with E-state index in [9.17, 15) is 38.9 Å².